The Labute approximate surface area is 191 Å². The first-order chi connectivity index (χ1) is 15.8. The van der Waals surface area contributed by atoms with Gasteiger partial charge in [0, 0.05) is 49.6 Å². The Morgan fingerprint density at radius 3 is 2.75 bits per heavy atom. The van der Waals surface area contributed by atoms with Crippen molar-refractivity contribution in [1.29, 1.82) is 0 Å². The molecule has 1 saturated carbocycles. The first-order valence-electron chi connectivity index (χ1n) is 12.1. The summed E-state index contributed by atoms with van der Waals surface area (Å²) >= 11 is 0. The van der Waals surface area contributed by atoms with Crippen LogP contribution in [0.1, 0.15) is 48.9 Å². The van der Waals surface area contributed by atoms with E-state index in [0.29, 0.717) is 18.1 Å². The summed E-state index contributed by atoms with van der Waals surface area (Å²) in [6, 6.07) is 11.6. The van der Waals surface area contributed by atoms with E-state index < -0.39 is 0 Å². The van der Waals surface area contributed by atoms with Gasteiger partial charge in [-0.25, -0.2) is 4.98 Å². The van der Waals surface area contributed by atoms with E-state index in [2.05, 4.69) is 15.2 Å². The zero-order chi connectivity index (χ0) is 22.0. The number of carbonyl (C=O) groups is 1. The van der Waals surface area contributed by atoms with Crippen LogP contribution in [-0.2, 0) is 4.74 Å². The van der Waals surface area contributed by atoms with Crippen LogP contribution in [0.4, 0.5) is 0 Å². The molecule has 1 N–H and O–H groups in total. The predicted molar refractivity (Wildman–Crippen MR) is 126 cm³/mol. The van der Waals surface area contributed by atoms with Crippen LogP contribution >= 0.6 is 0 Å². The molecule has 0 spiro atoms. The SMILES string of the molecule is O=C(NCCCC1CCCC1)c1cccc(-c2ccc(OCCN3CCOCC3)nc2)c1. The number of rotatable bonds is 10. The number of ether oxygens (including phenoxy) is 2. The third kappa shape index (κ3) is 6.78. The van der Waals surface area contributed by atoms with Crippen molar-refractivity contribution in [2.75, 3.05) is 46.0 Å². The number of hydrogen-bond acceptors (Lipinski definition) is 5. The average Bonchev–Trinajstić information content (AvgIpc) is 3.37. The fourth-order valence-corrected chi connectivity index (χ4v) is 4.57. The van der Waals surface area contributed by atoms with E-state index in [-0.39, 0.29) is 5.91 Å². The molecule has 1 amide bonds. The maximum atomic E-state index is 12.6. The quantitative estimate of drug-likeness (QED) is 0.566. The van der Waals surface area contributed by atoms with Crippen LogP contribution < -0.4 is 10.1 Å². The average molecular weight is 438 g/mol. The summed E-state index contributed by atoms with van der Waals surface area (Å²) in [5, 5.41) is 3.07. The molecule has 1 aliphatic heterocycles. The van der Waals surface area contributed by atoms with Crippen LogP contribution in [-0.4, -0.2) is 61.8 Å². The summed E-state index contributed by atoms with van der Waals surface area (Å²) in [5.74, 6) is 1.49. The molecule has 0 unspecified atom stereocenters. The van der Waals surface area contributed by atoms with Crippen molar-refractivity contribution < 1.29 is 14.3 Å². The van der Waals surface area contributed by atoms with Gasteiger partial charge in [-0.2, -0.15) is 0 Å². The topological polar surface area (TPSA) is 63.7 Å². The molecule has 32 heavy (non-hydrogen) atoms. The van der Waals surface area contributed by atoms with Crippen LogP contribution in [0.15, 0.2) is 42.6 Å². The Kier molecular flexibility index (Phi) is 8.51. The van der Waals surface area contributed by atoms with E-state index in [4.69, 9.17) is 9.47 Å². The lowest BCUT2D eigenvalue weighted by molar-refractivity contribution is 0.0320. The smallest absolute Gasteiger partial charge is 0.251 e. The zero-order valence-corrected chi connectivity index (χ0v) is 18.9. The second-order valence-electron chi connectivity index (χ2n) is 8.82. The summed E-state index contributed by atoms with van der Waals surface area (Å²) in [5.41, 5.74) is 2.64. The highest BCUT2D eigenvalue weighted by molar-refractivity contribution is 5.95. The molecule has 0 atom stereocenters. The molecule has 2 heterocycles. The van der Waals surface area contributed by atoms with Crippen molar-refractivity contribution in [3.63, 3.8) is 0 Å². The lowest BCUT2D eigenvalue weighted by Gasteiger charge is -2.26. The van der Waals surface area contributed by atoms with Crippen LogP contribution in [0, 0.1) is 5.92 Å². The van der Waals surface area contributed by atoms with E-state index in [1.54, 1.807) is 0 Å². The van der Waals surface area contributed by atoms with E-state index in [1.165, 1.54) is 32.1 Å². The van der Waals surface area contributed by atoms with Gasteiger partial charge in [0.05, 0.1) is 13.2 Å². The number of amides is 1. The minimum Gasteiger partial charge on any atom is -0.476 e. The maximum absolute atomic E-state index is 12.6. The fourth-order valence-electron chi connectivity index (χ4n) is 4.57. The summed E-state index contributed by atoms with van der Waals surface area (Å²) in [6.45, 7) is 5.75. The van der Waals surface area contributed by atoms with E-state index >= 15 is 0 Å². The standard InChI is InChI=1S/C26H35N3O3/c30-26(27-12-4-7-21-5-1-2-6-21)23-9-3-8-22(19-23)24-10-11-25(28-20-24)32-18-15-29-13-16-31-17-14-29/h3,8-11,19-21H,1-2,4-7,12-18H2,(H,27,30). The van der Waals surface area contributed by atoms with Crippen molar-refractivity contribution in [2.24, 2.45) is 5.92 Å². The minimum atomic E-state index is -0.00528. The van der Waals surface area contributed by atoms with Gasteiger partial charge in [0.15, 0.2) is 0 Å². The van der Waals surface area contributed by atoms with Crippen molar-refractivity contribution in [2.45, 2.75) is 38.5 Å². The molecular weight excluding hydrogens is 402 g/mol. The molecule has 172 valence electrons. The van der Waals surface area contributed by atoms with Crippen molar-refractivity contribution in [3.8, 4) is 17.0 Å². The summed E-state index contributed by atoms with van der Waals surface area (Å²) in [7, 11) is 0. The van der Waals surface area contributed by atoms with E-state index in [1.807, 2.05) is 42.6 Å². The molecule has 1 aromatic carbocycles. The highest BCUT2D eigenvalue weighted by Gasteiger charge is 2.14. The number of aromatic nitrogens is 1. The Morgan fingerprint density at radius 1 is 1.12 bits per heavy atom. The van der Waals surface area contributed by atoms with Crippen LogP contribution in [0.2, 0.25) is 0 Å². The lowest BCUT2D eigenvalue weighted by Crippen LogP contribution is -2.38. The highest BCUT2D eigenvalue weighted by atomic mass is 16.5. The van der Waals surface area contributed by atoms with Crippen molar-refractivity contribution in [1.82, 2.24) is 15.2 Å². The first kappa shape index (κ1) is 22.7. The summed E-state index contributed by atoms with van der Waals surface area (Å²) in [4.78, 5) is 19.3. The molecule has 0 bridgehead atoms. The monoisotopic (exact) mass is 437 g/mol. The number of nitrogens with one attached hydrogen (secondary N) is 1. The third-order valence-corrected chi connectivity index (χ3v) is 6.51. The molecule has 2 fully saturated rings. The van der Waals surface area contributed by atoms with Crippen LogP contribution in [0.3, 0.4) is 0 Å². The van der Waals surface area contributed by atoms with E-state index in [0.717, 1.165) is 62.9 Å². The Morgan fingerprint density at radius 2 is 1.97 bits per heavy atom. The Hall–Kier alpha value is -2.44. The fraction of sp³-hybridized carbons (Fsp3) is 0.538. The van der Waals surface area contributed by atoms with Gasteiger partial charge in [-0.05, 0) is 42.5 Å². The van der Waals surface area contributed by atoms with E-state index in [9.17, 15) is 4.79 Å². The molecule has 1 saturated heterocycles. The van der Waals surface area contributed by atoms with Gasteiger partial charge in [0.1, 0.15) is 6.61 Å². The molecule has 6 heteroatoms. The molecule has 4 rings (SSSR count). The minimum absolute atomic E-state index is 0.00528. The molecule has 0 radical (unpaired) electrons. The van der Waals surface area contributed by atoms with Crippen molar-refractivity contribution in [3.05, 3.63) is 48.2 Å². The molecule has 2 aliphatic rings. The number of pyridine rings is 1. The number of carbonyl (C=O) groups excluding carboxylic acids is 1. The van der Waals surface area contributed by atoms with Gasteiger partial charge in [-0.15, -0.1) is 0 Å². The van der Waals surface area contributed by atoms with Gasteiger partial charge in [-0.1, -0.05) is 37.8 Å². The number of nitrogens with zero attached hydrogens (tertiary/aromatic N) is 2. The lowest BCUT2D eigenvalue weighted by atomic mass is 10.0. The largest absolute Gasteiger partial charge is 0.476 e. The third-order valence-electron chi connectivity index (χ3n) is 6.51. The van der Waals surface area contributed by atoms with Crippen molar-refractivity contribution >= 4 is 5.91 Å². The first-order valence-corrected chi connectivity index (χ1v) is 12.1. The summed E-state index contributed by atoms with van der Waals surface area (Å²) in [6.07, 6.45) is 9.58. The zero-order valence-electron chi connectivity index (χ0n) is 18.9. The Bertz CT molecular complexity index is 844. The van der Waals surface area contributed by atoms with Gasteiger partial charge >= 0.3 is 0 Å². The molecule has 6 nitrogen and oxygen atoms in total. The number of benzene rings is 1. The molecular formula is C26H35N3O3. The normalized spacial score (nSPS) is 17.4. The van der Waals surface area contributed by atoms with Crippen LogP contribution in [0.5, 0.6) is 5.88 Å². The van der Waals surface area contributed by atoms with Gasteiger partial charge < -0.3 is 14.8 Å². The molecule has 1 aliphatic carbocycles. The second-order valence-corrected chi connectivity index (χ2v) is 8.82. The molecule has 2 aromatic rings. The van der Waals surface area contributed by atoms with Gasteiger partial charge in [0.25, 0.3) is 5.91 Å². The predicted octanol–water partition coefficient (Wildman–Crippen LogP) is 4.16. The Balaban J connectivity index is 1.24. The maximum Gasteiger partial charge on any atom is 0.251 e. The summed E-state index contributed by atoms with van der Waals surface area (Å²) < 4.78 is 11.2. The molecule has 1 aromatic heterocycles. The number of hydrogen-bond donors (Lipinski definition) is 1. The highest BCUT2D eigenvalue weighted by Crippen LogP contribution is 2.28. The van der Waals surface area contributed by atoms with Crippen LogP contribution in [0.25, 0.3) is 11.1 Å². The second kappa shape index (κ2) is 12.0. The van der Waals surface area contributed by atoms with Gasteiger partial charge in [0.2, 0.25) is 5.88 Å². The van der Waals surface area contributed by atoms with Gasteiger partial charge in [-0.3, -0.25) is 9.69 Å². The number of morpholine rings is 1.